The van der Waals surface area contributed by atoms with Gasteiger partial charge in [0, 0.05) is 6.54 Å². The zero-order chi connectivity index (χ0) is 13.6. The molecule has 0 rings (SSSR count). The van der Waals surface area contributed by atoms with E-state index in [0.29, 0.717) is 0 Å². The number of ether oxygens (including phenoxy) is 1. The fourth-order valence-corrected chi connectivity index (χ4v) is 3.21. The van der Waals surface area contributed by atoms with Gasteiger partial charge in [-0.1, -0.05) is 26.5 Å². The Morgan fingerprint density at radius 3 is 2.35 bits per heavy atom. The molecule has 0 saturated heterocycles. The van der Waals surface area contributed by atoms with Gasteiger partial charge in [0.1, 0.15) is 6.04 Å². The molecule has 0 aliphatic rings. The van der Waals surface area contributed by atoms with Gasteiger partial charge in [-0.15, -0.1) is 6.58 Å². The van der Waals surface area contributed by atoms with Crippen molar-refractivity contribution in [1.82, 2.24) is 4.67 Å². The molecule has 2 unspecified atom stereocenters. The highest BCUT2D eigenvalue weighted by Gasteiger charge is 2.37. The van der Waals surface area contributed by atoms with Crippen LogP contribution in [-0.4, -0.2) is 30.3 Å². The minimum Gasteiger partial charge on any atom is -0.468 e. The Kier molecular flexibility index (Phi) is 6.76. The summed E-state index contributed by atoms with van der Waals surface area (Å²) in [4.78, 5) is 11.7. The molecule has 0 bridgehead atoms. The minimum atomic E-state index is -3.28. The lowest BCUT2D eigenvalue weighted by Gasteiger charge is -2.32. The predicted molar refractivity (Wildman–Crippen MR) is 71.2 cm³/mol. The first kappa shape index (κ1) is 16.4. The van der Waals surface area contributed by atoms with Crippen molar-refractivity contribution in [2.24, 2.45) is 5.92 Å². The number of carbonyl (C=O) groups excluding carboxylic acids is 1. The lowest BCUT2D eigenvalue weighted by molar-refractivity contribution is -0.146. The molecule has 0 fully saturated rings. The quantitative estimate of drug-likeness (QED) is 0.408. The molecule has 0 saturated carbocycles. The number of halogens is 1. The maximum Gasteiger partial charge on any atom is 0.323 e. The van der Waals surface area contributed by atoms with E-state index in [1.807, 2.05) is 13.8 Å². The molecule has 0 aliphatic carbocycles. The van der Waals surface area contributed by atoms with Gasteiger partial charge >= 0.3 is 5.97 Å². The number of hydrogen-bond donors (Lipinski definition) is 0. The van der Waals surface area contributed by atoms with E-state index in [0.717, 1.165) is 5.82 Å². The Hall–Kier alpha value is -0.570. The SMILES string of the molecule is C=CCN(C(C(=O)OC)C(C)C)P(=O)(Cl)C=C. The van der Waals surface area contributed by atoms with Crippen LogP contribution >= 0.6 is 17.9 Å². The van der Waals surface area contributed by atoms with Gasteiger partial charge in [-0.05, 0) is 23.0 Å². The Morgan fingerprint density at radius 1 is 1.53 bits per heavy atom. The van der Waals surface area contributed by atoms with Crippen molar-refractivity contribution in [2.75, 3.05) is 13.7 Å². The van der Waals surface area contributed by atoms with Crippen molar-refractivity contribution in [3.8, 4) is 0 Å². The smallest absolute Gasteiger partial charge is 0.323 e. The third-order valence-corrected chi connectivity index (χ3v) is 4.85. The highest BCUT2D eigenvalue weighted by atomic mass is 35.7. The van der Waals surface area contributed by atoms with Gasteiger partial charge in [-0.25, -0.2) is 4.67 Å². The highest BCUT2D eigenvalue weighted by molar-refractivity contribution is 7.89. The first-order valence-electron chi connectivity index (χ1n) is 5.20. The summed E-state index contributed by atoms with van der Waals surface area (Å²) in [6.45, 7) is 7.62. The number of esters is 1. The molecule has 0 aromatic rings. The van der Waals surface area contributed by atoms with E-state index in [1.165, 1.54) is 17.9 Å². The van der Waals surface area contributed by atoms with Crippen molar-refractivity contribution in [3.05, 3.63) is 25.1 Å². The van der Waals surface area contributed by atoms with E-state index in [4.69, 9.17) is 16.0 Å². The molecule has 17 heavy (non-hydrogen) atoms. The molecule has 98 valence electrons. The Bertz CT molecular complexity index is 344. The second-order valence-electron chi connectivity index (χ2n) is 3.85. The fraction of sp³-hybridized carbons (Fsp3) is 0.545. The molecule has 4 nitrogen and oxygen atoms in total. The molecule has 0 amide bonds. The second kappa shape index (κ2) is 7.00. The van der Waals surface area contributed by atoms with Crippen molar-refractivity contribution >= 4 is 23.9 Å². The topological polar surface area (TPSA) is 46.6 Å². The molecule has 0 spiro atoms. The molecule has 0 aromatic carbocycles. The van der Waals surface area contributed by atoms with Crippen molar-refractivity contribution in [2.45, 2.75) is 19.9 Å². The Morgan fingerprint density at radius 2 is 2.06 bits per heavy atom. The van der Waals surface area contributed by atoms with Crippen LogP contribution in [0, 0.1) is 5.92 Å². The molecule has 0 radical (unpaired) electrons. The van der Waals surface area contributed by atoms with Crippen LogP contribution in [0.3, 0.4) is 0 Å². The maximum atomic E-state index is 12.2. The number of hydrogen-bond acceptors (Lipinski definition) is 3. The summed E-state index contributed by atoms with van der Waals surface area (Å²) in [6, 6.07) is -0.681. The largest absolute Gasteiger partial charge is 0.468 e. The van der Waals surface area contributed by atoms with Gasteiger partial charge < -0.3 is 4.74 Å². The number of nitrogens with zero attached hydrogens (tertiary/aromatic N) is 1. The second-order valence-corrected chi connectivity index (χ2v) is 7.27. The standard InChI is InChI=1S/C11H19ClNO3P/c1-6-8-13(17(12,15)7-2)10(9(3)4)11(14)16-5/h6-7,9-10H,1-2,8H2,3-5H3. The van der Waals surface area contributed by atoms with E-state index < -0.39 is 18.7 Å². The highest BCUT2D eigenvalue weighted by Crippen LogP contribution is 2.57. The van der Waals surface area contributed by atoms with Crippen LogP contribution in [0.1, 0.15) is 13.8 Å². The van der Waals surface area contributed by atoms with Crippen molar-refractivity contribution in [3.63, 3.8) is 0 Å². The Labute approximate surface area is 107 Å². The average molecular weight is 280 g/mol. The van der Waals surface area contributed by atoms with Crippen molar-refractivity contribution in [1.29, 1.82) is 0 Å². The Balaban J connectivity index is 5.38. The van der Waals surface area contributed by atoms with Gasteiger partial charge in [-0.2, -0.15) is 0 Å². The van der Waals surface area contributed by atoms with Crippen LogP contribution in [0.2, 0.25) is 0 Å². The van der Waals surface area contributed by atoms with Crippen LogP contribution in [0.4, 0.5) is 0 Å². The van der Waals surface area contributed by atoms with E-state index in [2.05, 4.69) is 13.2 Å². The average Bonchev–Trinajstić information content (AvgIpc) is 2.27. The van der Waals surface area contributed by atoms with Gasteiger partial charge in [0.15, 0.2) is 0 Å². The zero-order valence-corrected chi connectivity index (χ0v) is 12.1. The van der Waals surface area contributed by atoms with Crippen LogP contribution < -0.4 is 0 Å². The third kappa shape index (κ3) is 4.30. The van der Waals surface area contributed by atoms with E-state index in [-0.39, 0.29) is 12.5 Å². The molecule has 0 heterocycles. The number of carbonyl (C=O) groups is 1. The first-order valence-corrected chi connectivity index (χ1v) is 7.84. The van der Waals surface area contributed by atoms with Gasteiger partial charge in [0.05, 0.1) is 7.11 Å². The summed E-state index contributed by atoms with van der Waals surface area (Å²) in [7, 11) is 1.29. The van der Waals surface area contributed by atoms with Crippen molar-refractivity contribution < 1.29 is 14.1 Å². The molecule has 2 atom stereocenters. The summed E-state index contributed by atoms with van der Waals surface area (Å²) in [5.41, 5.74) is 0. The van der Waals surface area contributed by atoms with E-state index in [9.17, 15) is 9.36 Å². The van der Waals surface area contributed by atoms with Crippen LogP contribution in [-0.2, 0) is 14.1 Å². The van der Waals surface area contributed by atoms with Gasteiger partial charge in [0.2, 0.25) is 0 Å². The number of methoxy groups -OCH3 is 1. The maximum absolute atomic E-state index is 12.2. The summed E-state index contributed by atoms with van der Waals surface area (Å²) in [5, 5.41) is 0. The molecule has 0 aliphatic heterocycles. The molecule has 6 heteroatoms. The van der Waals surface area contributed by atoms with E-state index in [1.54, 1.807) is 0 Å². The van der Waals surface area contributed by atoms with Crippen LogP contribution in [0.5, 0.6) is 0 Å². The summed E-state index contributed by atoms with van der Waals surface area (Å²) in [5.74, 6) is 0.607. The number of rotatable bonds is 7. The van der Waals surface area contributed by atoms with Gasteiger partial charge in [0.25, 0.3) is 6.65 Å². The predicted octanol–water partition coefficient (Wildman–Crippen LogP) is 3.25. The summed E-state index contributed by atoms with van der Waals surface area (Å²) < 4.78 is 18.2. The molecule has 0 aromatic heterocycles. The zero-order valence-electron chi connectivity index (χ0n) is 10.4. The lowest BCUT2D eigenvalue weighted by atomic mass is 10.0. The summed E-state index contributed by atoms with van der Waals surface area (Å²) in [6.07, 6.45) is 1.54. The normalized spacial score (nSPS) is 16.4. The van der Waals surface area contributed by atoms with Gasteiger partial charge in [-0.3, -0.25) is 9.36 Å². The third-order valence-electron chi connectivity index (χ3n) is 2.29. The van der Waals surface area contributed by atoms with Crippen LogP contribution in [0.25, 0.3) is 0 Å². The minimum absolute atomic E-state index is 0.0885. The first-order chi connectivity index (χ1) is 7.81. The molecular formula is C11H19ClNO3P. The lowest BCUT2D eigenvalue weighted by Crippen LogP contribution is -2.42. The van der Waals surface area contributed by atoms with Crippen LogP contribution in [0.15, 0.2) is 25.1 Å². The molecule has 0 N–H and O–H groups in total. The molecular weight excluding hydrogens is 261 g/mol. The summed E-state index contributed by atoms with van der Waals surface area (Å²) >= 11 is 5.91. The monoisotopic (exact) mass is 279 g/mol. The van der Waals surface area contributed by atoms with E-state index >= 15 is 0 Å². The fourth-order valence-electron chi connectivity index (χ4n) is 1.49.